The van der Waals surface area contributed by atoms with Crippen molar-refractivity contribution in [3.8, 4) is 17.0 Å². The van der Waals surface area contributed by atoms with Gasteiger partial charge in [-0.05, 0) is 73.4 Å². The normalized spacial score (nSPS) is 14.5. The van der Waals surface area contributed by atoms with Crippen LogP contribution in [-0.2, 0) is 26.0 Å². The number of methoxy groups -OCH3 is 1. The Labute approximate surface area is 258 Å². The number of nitrogens with zero attached hydrogens (tertiary/aromatic N) is 2. The first-order chi connectivity index (χ1) is 21.1. The summed E-state index contributed by atoms with van der Waals surface area (Å²) in [6, 6.07) is 15.8. The molecule has 0 bridgehead atoms. The number of sulfonamides is 1. The van der Waals surface area contributed by atoms with E-state index in [1.165, 1.54) is 13.2 Å². The molecule has 1 saturated heterocycles. The summed E-state index contributed by atoms with van der Waals surface area (Å²) in [7, 11) is -0.966. The van der Waals surface area contributed by atoms with Crippen molar-refractivity contribution in [1.82, 2.24) is 19.9 Å². The highest BCUT2D eigenvalue weighted by Crippen LogP contribution is 2.26. The smallest absolute Gasteiger partial charge is 0.241 e. The van der Waals surface area contributed by atoms with E-state index in [1.807, 2.05) is 0 Å². The molecule has 1 fully saturated rings. The number of likely N-dealkylation sites (tertiary alicyclic amines) is 1. The van der Waals surface area contributed by atoms with Crippen LogP contribution in [0, 0.1) is 11.3 Å². The SMILES string of the molecule is CNC(=O)CCCC1CCN(C(=O)[C@H](Cc2cccc(C(=N)N)c2)NS(=O)(=O)c2cccc(-c3ccc(OC)nc3)c2)CC1. The van der Waals surface area contributed by atoms with Gasteiger partial charge in [0, 0.05) is 49.9 Å². The Morgan fingerprint density at radius 3 is 2.50 bits per heavy atom. The molecule has 0 radical (unpaired) electrons. The van der Waals surface area contributed by atoms with Crippen molar-refractivity contribution in [2.45, 2.75) is 49.5 Å². The third-order valence-corrected chi connectivity index (χ3v) is 9.39. The molecular formula is C32H40N6O5S. The predicted octanol–water partition coefficient (Wildman–Crippen LogP) is 3.09. The number of benzene rings is 2. The quantitative estimate of drug-likeness (QED) is 0.168. The number of carbonyl (C=O) groups is 2. The molecular weight excluding hydrogens is 580 g/mol. The first-order valence-corrected chi connectivity index (χ1v) is 16.1. The Kier molecular flexibility index (Phi) is 11.1. The van der Waals surface area contributed by atoms with Crippen molar-refractivity contribution in [3.63, 3.8) is 0 Å². The van der Waals surface area contributed by atoms with E-state index >= 15 is 0 Å². The summed E-state index contributed by atoms with van der Waals surface area (Å²) in [6.45, 7) is 1.02. The summed E-state index contributed by atoms with van der Waals surface area (Å²) in [4.78, 5) is 31.4. The van der Waals surface area contributed by atoms with E-state index in [1.54, 1.807) is 72.7 Å². The number of rotatable bonds is 13. The second-order valence-electron chi connectivity index (χ2n) is 10.9. The van der Waals surface area contributed by atoms with E-state index < -0.39 is 16.1 Å². The first kappa shape index (κ1) is 32.6. The fourth-order valence-electron chi connectivity index (χ4n) is 5.39. The highest BCUT2D eigenvalue weighted by atomic mass is 32.2. The number of amidine groups is 1. The van der Waals surface area contributed by atoms with Gasteiger partial charge in [0.15, 0.2) is 0 Å². The Hall–Kier alpha value is -4.29. The summed E-state index contributed by atoms with van der Waals surface area (Å²) >= 11 is 0. The van der Waals surface area contributed by atoms with Crippen molar-refractivity contribution in [1.29, 1.82) is 5.41 Å². The molecule has 1 aliphatic rings. The summed E-state index contributed by atoms with van der Waals surface area (Å²) in [5, 5.41) is 10.4. The maximum atomic E-state index is 13.9. The number of nitrogen functional groups attached to an aromatic ring is 1. The summed E-state index contributed by atoms with van der Waals surface area (Å²) in [5.74, 6) is 0.455. The number of carbonyl (C=O) groups excluding carboxylic acids is 2. The number of nitrogens with two attached hydrogens (primary N) is 1. The van der Waals surface area contributed by atoms with Gasteiger partial charge < -0.3 is 20.7 Å². The maximum Gasteiger partial charge on any atom is 0.241 e. The number of pyridine rings is 1. The number of hydrogen-bond acceptors (Lipinski definition) is 7. The average molecular weight is 621 g/mol. The van der Waals surface area contributed by atoms with Crippen molar-refractivity contribution in [2.75, 3.05) is 27.2 Å². The van der Waals surface area contributed by atoms with Crippen molar-refractivity contribution in [3.05, 3.63) is 78.0 Å². The lowest BCUT2D eigenvalue weighted by atomic mass is 9.91. The van der Waals surface area contributed by atoms with Crippen LogP contribution in [0.1, 0.15) is 43.2 Å². The van der Waals surface area contributed by atoms with Gasteiger partial charge in [0.05, 0.1) is 12.0 Å². The minimum atomic E-state index is -4.11. The number of hydrogen-bond donors (Lipinski definition) is 4. The lowest BCUT2D eigenvalue weighted by Gasteiger charge is -2.34. The Bertz CT molecular complexity index is 1570. The molecule has 0 saturated carbocycles. The molecule has 2 heterocycles. The molecule has 2 aromatic carbocycles. The molecule has 1 aromatic heterocycles. The zero-order valence-corrected chi connectivity index (χ0v) is 25.9. The number of ether oxygens (including phenoxy) is 1. The van der Waals surface area contributed by atoms with Crippen LogP contribution in [0.15, 0.2) is 71.8 Å². The van der Waals surface area contributed by atoms with Gasteiger partial charge in [-0.25, -0.2) is 13.4 Å². The lowest BCUT2D eigenvalue weighted by molar-refractivity contribution is -0.134. The van der Waals surface area contributed by atoms with Crippen molar-refractivity contribution < 1.29 is 22.7 Å². The van der Waals surface area contributed by atoms with E-state index in [9.17, 15) is 18.0 Å². The van der Waals surface area contributed by atoms with E-state index in [2.05, 4.69) is 15.0 Å². The monoisotopic (exact) mass is 620 g/mol. The van der Waals surface area contributed by atoms with Crippen LogP contribution in [0.3, 0.4) is 0 Å². The van der Waals surface area contributed by atoms with E-state index in [-0.39, 0.29) is 29.0 Å². The molecule has 11 nitrogen and oxygen atoms in total. The van der Waals surface area contributed by atoms with Crippen LogP contribution >= 0.6 is 0 Å². The highest BCUT2D eigenvalue weighted by Gasteiger charge is 2.32. The Balaban J connectivity index is 1.53. The molecule has 0 spiro atoms. The number of piperidine rings is 1. The van der Waals surface area contributed by atoms with Crippen molar-refractivity contribution >= 4 is 27.7 Å². The lowest BCUT2D eigenvalue weighted by Crippen LogP contribution is -2.51. The molecule has 0 aliphatic carbocycles. The number of amides is 2. The van der Waals surface area contributed by atoms with Gasteiger partial charge in [-0.3, -0.25) is 15.0 Å². The van der Waals surface area contributed by atoms with Crippen LogP contribution in [0.25, 0.3) is 11.1 Å². The minimum absolute atomic E-state index is 0.0211. The number of nitrogens with one attached hydrogen (secondary N) is 3. The van der Waals surface area contributed by atoms with Gasteiger partial charge in [0.1, 0.15) is 11.9 Å². The first-order valence-electron chi connectivity index (χ1n) is 14.6. The second-order valence-corrected chi connectivity index (χ2v) is 12.7. The van der Waals surface area contributed by atoms with E-state index in [0.717, 1.165) is 31.2 Å². The van der Waals surface area contributed by atoms with Gasteiger partial charge in [-0.15, -0.1) is 0 Å². The standard InChI is InChI=1S/C32H40N6O5S/c1-35-29(39)11-4-6-22-14-16-38(17-15-22)32(40)28(19-23-7-3-9-25(18-23)31(33)34)37-44(41,42)27-10-5-8-24(20-27)26-12-13-30(43-2)36-21-26/h3,5,7-10,12-13,18,20-22,28,37H,4,6,11,14-17,19H2,1-2H3,(H3,33,34)(H,35,39)/t28-/m0/s1. The average Bonchev–Trinajstić information content (AvgIpc) is 3.04. The molecule has 234 valence electrons. The highest BCUT2D eigenvalue weighted by molar-refractivity contribution is 7.89. The molecule has 1 atom stereocenters. The van der Waals surface area contributed by atoms with Crippen LogP contribution in [0.2, 0.25) is 0 Å². The van der Waals surface area contributed by atoms with Crippen LogP contribution < -0.4 is 20.5 Å². The molecule has 4 rings (SSSR count). The molecule has 2 amide bonds. The Morgan fingerprint density at radius 2 is 1.84 bits per heavy atom. The minimum Gasteiger partial charge on any atom is -0.481 e. The zero-order chi connectivity index (χ0) is 31.7. The van der Waals surface area contributed by atoms with Gasteiger partial charge in [0.25, 0.3) is 0 Å². The molecule has 1 aliphatic heterocycles. The zero-order valence-electron chi connectivity index (χ0n) is 25.1. The molecule has 3 aromatic rings. The van der Waals surface area contributed by atoms with Crippen LogP contribution in [0.5, 0.6) is 5.88 Å². The van der Waals surface area contributed by atoms with Gasteiger partial charge in [0.2, 0.25) is 27.7 Å². The van der Waals surface area contributed by atoms with Gasteiger partial charge in [-0.1, -0.05) is 30.3 Å². The largest absolute Gasteiger partial charge is 0.481 e. The van der Waals surface area contributed by atoms with Crippen LogP contribution in [0.4, 0.5) is 0 Å². The summed E-state index contributed by atoms with van der Waals surface area (Å²) < 4.78 is 35.2. The van der Waals surface area contributed by atoms with Crippen molar-refractivity contribution in [2.24, 2.45) is 11.7 Å². The second kappa shape index (κ2) is 14.9. The molecule has 44 heavy (non-hydrogen) atoms. The third-order valence-electron chi connectivity index (χ3n) is 7.92. The fourth-order valence-corrected chi connectivity index (χ4v) is 6.62. The molecule has 12 heteroatoms. The Morgan fingerprint density at radius 1 is 1.09 bits per heavy atom. The molecule has 5 N–H and O–H groups in total. The van der Waals surface area contributed by atoms with Gasteiger partial charge in [-0.2, -0.15) is 4.72 Å². The van der Waals surface area contributed by atoms with E-state index in [0.29, 0.717) is 48.0 Å². The predicted molar refractivity (Wildman–Crippen MR) is 169 cm³/mol. The summed E-state index contributed by atoms with van der Waals surface area (Å²) in [6.07, 6.45) is 5.45. The fraction of sp³-hybridized carbons (Fsp3) is 0.375. The maximum absolute atomic E-state index is 13.9. The topological polar surface area (TPSA) is 168 Å². The van der Waals surface area contributed by atoms with E-state index in [4.69, 9.17) is 15.9 Å². The van der Waals surface area contributed by atoms with Crippen LogP contribution in [-0.4, -0.2) is 69.2 Å². The van der Waals surface area contributed by atoms with Gasteiger partial charge >= 0.3 is 0 Å². The third kappa shape index (κ3) is 8.64. The number of aromatic nitrogens is 1. The molecule has 0 unspecified atom stereocenters. The summed E-state index contributed by atoms with van der Waals surface area (Å²) in [5.41, 5.74) is 8.23.